The zero-order valence-electron chi connectivity index (χ0n) is 8.10. The Morgan fingerprint density at radius 1 is 0.714 bits per heavy atom. The Labute approximate surface area is 84.1 Å². The zero-order valence-corrected chi connectivity index (χ0v) is 8.10. The zero-order chi connectivity index (χ0) is 9.78. The van der Waals surface area contributed by atoms with Crippen molar-refractivity contribution >= 4 is 0 Å². The summed E-state index contributed by atoms with van der Waals surface area (Å²) < 4.78 is 4.63. The lowest BCUT2D eigenvalue weighted by Crippen LogP contribution is -2.03. The van der Waals surface area contributed by atoms with Crippen LogP contribution in [-0.2, 0) is 4.74 Å². The van der Waals surface area contributed by atoms with E-state index in [1.807, 2.05) is 36.4 Å². The van der Waals surface area contributed by atoms with Gasteiger partial charge >= 0.3 is 0 Å². The van der Waals surface area contributed by atoms with Crippen LogP contribution in [0.2, 0.25) is 0 Å². The summed E-state index contributed by atoms with van der Waals surface area (Å²) in [6.07, 6.45) is 0. The van der Waals surface area contributed by atoms with Crippen molar-refractivity contribution in [3.05, 3.63) is 36.4 Å². The standard InChI is InChI=1S/C6H6.C4H10O3.H2O/c1-2-4-6-5-3-1;5-1-3-7-4-2-6;/h1-6H;5-6H,1-4H2;1H2. The van der Waals surface area contributed by atoms with Crippen LogP contribution >= 0.6 is 0 Å². The molecule has 0 saturated heterocycles. The highest BCUT2D eigenvalue weighted by Gasteiger charge is 1.79. The molecule has 4 heteroatoms. The van der Waals surface area contributed by atoms with E-state index >= 15 is 0 Å². The minimum Gasteiger partial charge on any atom is -0.412 e. The molecule has 0 fully saturated rings. The molecule has 14 heavy (non-hydrogen) atoms. The number of hydrogen-bond acceptors (Lipinski definition) is 3. The van der Waals surface area contributed by atoms with E-state index in [0.717, 1.165) is 0 Å². The van der Waals surface area contributed by atoms with Gasteiger partial charge in [0.15, 0.2) is 0 Å². The van der Waals surface area contributed by atoms with Gasteiger partial charge in [0, 0.05) is 0 Å². The molecule has 0 atom stereocenters. The van der Waals surface area contributed by atoms with Crippen molar-refractivity contribution in [3.63, 3.8) is 0 Å². The van der Waals surface area contributed by atoms with E-state index in [2.05, 4.69) is 4.74 Å². The Balaban J connectivity index is 0. The molecule has 1 rings (SSSR count). The maximum absolute atomic E-state index is 8.09. The fourth-order valence-corrected chi connectivity index (χ4v) is 0.616. The van der Waals surface area contributed by atoms with Gasteiger partial charge in [-0.3, -0.25) is 0 Å². The summed E-state index contributed by atoms with van der Waals surface area (Å²) >= 11 is 0. The summed E-state index contributed by atoms with van der Waals surface area (Å²) in [5.74, 6) is 0. The fraction of sp³-hybridized carbons (Fsp3) is 0.400. The largest absolute Gasteiger partial charge is 0.412 e. The molecule has 4 nitrogen and oxygen atoms in total. The average molecular weight is 202 g/mol. The van der Waals surface area contributed by atoms with Gasteiger partial charge in [-0.05, 0) is 0 Å². The van der Waals surface area contributed by atoms with Crippen LogP contribution in [0.1, 0.15) is 0 Å². The van der Waals surface area contributed by atoms with Crippen molar-refractivity contribution in [3.8, 4) is 0 Å². The topological polar surface area (TPSA) is 81.2 Å². The molecule has 0 heterocycles. The molecule has 0 amide bonds. The quantitative estimate of drug-likeness (QED) is 0.666. The molecule has 0 aromatic heterocycles. The summed E-state index contributed by atoms with van der Waals surface area (Å²) in [6.45, 7) is 0.696. The second-order valence-corrected chi connectivity index (χ2v) is 2.21. The summed E-state index contributed by atoms with van der Waals surface area (Å²) in [5, 5.41) is 16.2. The molecule has 0 spiro atoms. The monoisotopic (exact) mass is 202 g/mol. The lowest BCUT2D eigenvalue weighted by Gasteiger charge is -1.94. The van der Waals surface area contributed by atoms with Gasteiger partial charge in [-0.25, -0.2) is 0 Å². The van der Waals surface area contributed by atoms with Crippen LogP contribution in [-0.4, -0.2) is 42.1 Å². The first-order valence-electron chi connectivity index (χ1n) is 4.21. The van der Waals surface area contributed by atoms with E-state index in [-0.39, 0.29) is 18.7 Å². The predicted octanol–water partition coefficient (Wildman–Crippen LogP) is -0.151. The van der Waals surface area contributed by atoms with Gasteiger partial charge in [0.2, 0.25) is 0 Å². The van der Waals surface area contributed by atoms with Crippen molar-refractivity contribution in [1.29, 1.82) is 0 Å². The summed E-state index contributed by atoms with van der Waals surface area (Å²) in [6, 6.07) is 12.0. The van der Waals surface area contributed by atoms with E-state index < -0.39 is 0 Å². The minimum absolute atomic E-state index is 0. The van der Waals surface area contributed by atoms with Gasteiger partial charge in [-0.1, -0.05) is 36.4 Å². The van der Waals surface area contributed by atoms with Crippen LogP contribution in [0.15, 0.2) is 36.4 Å². The number of benzene rings is 1. The minimum atomic E-state index is 0. The van der Waals surface area contributed by atoms with E-state index in [1.54, 1.807) is 0 Å². The van der Waals surface area contributed by atoms with E-state index in [1.165, 1.54) is 0 Å². The van der Waals surface area contributed by atoms with E-state index in [0.29, 0.717) is 13.2 Å². The first-order chi connectivity index (χ1) is 6.41. The van der Waals surface area contributed by atoms with Crippen molar-refractivity contribution in [2.75, 3.05) is 26.4 Å². The molecule has 0 radical (unpaired) electrons. The molecule has 0 bridgehead atoms. The molecule has 0 aliphatic rings. The van der Waals surface area contributed by atoms with Crippen molar-refractivity contribution in [2.24, 2.45) is 0 Å². The molecule has 1 aromatic rings. The van der Waals surface area contributed by atoms with Crippen LogP contribution in [0.4, 0.5) is 0 Å². The first kappa shape index (κ1) is 15.5. The normalized spacial score (nSPS) is 8.14. The summed E-state index contributed by atoms with van der Waals surface area (Å²) in [4.78, 5) is 0. The molecule has 4 N–H and O–H groups in total. The van der Waals surface area contributed by atoms with Crippen molar-refractivity contribution in [1.82, 2.24) is 0 Å². The van der Waals surface area contributed by atoms with Crippen LogP contribution in [0.3, 0.4) is 0 Å². The molecular formula is C10H18O4. The Kier molecular flexibility index (Phi) is 16.2. The highest BCUT2D eigenvalue weighted by molar-refractivity contribution is 4.99. The average Bonchev–Trinajstić information content (AvgIpc) is 2.22. The predicted molar refractivity (Wildman–Crippen MR) is 55.0 cm³/mol. The number of rotatable bonds is 4. The third kappa shape index (κ3) is 13.6. The third-order valence-electron chi connectivity index (χ3n) is 1.14. The maximum Gasteiger partial charge on any atom is 0.0698 e. The van der Waals surface area contributed by atoms with Crippen molar-refractivity contribution < 1.29 is 20.4 Å². The molecule has 1 aromatic carbocycles. The number of aliphatic hydroxyl groups excluding tert-OH is 2. The molecule has 82 valence electrons. The molecule has 0 unspecified atom stereocenters. The Bertz CT molecular complexity index is 136. The lowest BCUT2D eigenvalue weighted by molar-refractivity contribution is 0.0650. The Morgan fingerprint density at radius 3 is 1.21 bits per heavy atom. The SMILES string of the molecule is O.OCCOCCO.c1ccccc1. The van der Waals surface area contributed by atoms with Gasteiger partial charge in [0.25, 0.3) is 0 Å². The van der Waals surface area contributed by atoms with E-state index in [4.69, 9.17) is 10.2 Å². The smallest absolute Gasteiger partial charge is 0.0698 e. The van der Waals surface area contributed by atoms with Crippen LogP contribution in [0, 0.1) is 0 Å². The highest BCUT2D eigenvalue weighted by atomic mass is 16.5. The molecule has 0 aliphatic heterocycles. The van der Waals surface area contributed by atoms with Crippen LogP contribution in [0.5, 0.6) is 0 Å². The van der Waals surface area contributed by atoms with Crippen LogP contribution < -0.4 is 0 Å². The van der Waals surface area contributed by atoms with Crippen LogP contribution in [0.25, 0.3) is 0 Å². The van der Waals surface area contributed by atoms with E-state index in [9.17, 15) is 0 Å². The number of ether oxygens (including phenoxy) is 1. The Hall–Kier alpha value is -0.940. The maximum atomic E-state index is 8.09. The lowest BCUT2D eigenvalue weighted by atomic mass is 10.4. The molecule has 0 saturated carbocycles. The van der Waals surface area contributed by atoms with Gasteiger partial charge in [0.05, 0.1) is 26.4 Å². The molecule has 0 aliphatic carbocycles. The van der Waals surface area contributed by atoms with Gasteiger partial charge in [0.1, 0.15) is 0 Å². The summed E-state index contributed by atoms with van der Waals surface area (Å²) in [5.41, 5.74) is 0. The van der Waals surface area contributed by atoms with Gasteiger partial charge < -0.3 is 20.4 Å². The Morgan fingerprint density at radius 2 is 1.00 bits per heavy atom. The first-order valence-corrected chi connectivity index (χ1v) is 4.21. The van der Waals surface area contributed by atoms with Gasteiger partial charge in [-0.2, -0.15) is 0 Å². The second kappa shape index (κ2) is 14.6. The van der Waals surface area contributed by atoms with Crippen molar-refractivity contribution in [2.45, 2.75) is 0 Å². The fourth-order valence-electron chi connectivity index (χ4n) is 0.616. The second-order valence-electron chi connectivity index (χ2n) is 2.21. The van der Waals surface area contributed by atoms with Gasteiger partial charge in [-0.15, -0.1) is 0 Å². The number of aliphatic hydroxyl groups is 2. The molecular weight excluding hydrogens is 184 g/mol. The highest BCUT2D eigenvalue weighted by Crippen LogP contribution is 1.79. The number of hydrogen-bond donors (Lipinski definition) is 2. The third-order valence-corrected chi connectivity index (χ3v) is 1.14. The summed E-state index contributed by atoms with van der Waals surface area (Å²) in [7, 11) is 0.